The maximum absolute atomic E-state index is 13.4. The van der Waals surface area contributed by atoms with Crippen molar-refractivity contribution >= 4 is 21.6 Å². The van der Waals surface area contributed by atoms with E-state index in [-0.39, 0.29) is 0 Å². The Morgan fingerprint density at radius 2 is 1.85 bits per heavy atom. The average Bonchev–Trinajstić information content (AvgIpc) is 2.87. The average molecular weight is 334 g/mol. The molecule has 0 bridgehead atoms. The molecule has 0 saturated heterocycles. The molecule has 0 amide bonds. The minimum atomic E-state index is -0.426. The monoisotopic (exact) mass is 333 g/mol. The largest absolute Gasteiger partial charge is 0.399 e. The van der Waals surface area contributed by atoms with Crippen LogP contribution < -0.4 is 5.73 Å². The van der Waals surface area contributed by atoms with E-state index in [1.165, 1.54) is 16.8 Å². The number of hydrogen-bond donors (Lipinski definition) is 1. The Labute approximate surface area is 122 Å². The highest BCUT2D eigenvalue weighted by molar-refractivity contribution is 9.10. The zero-order chi connectivity index (χ0) is 14.1. The number of aromatic nitrogens is 4. The summed E-state index contributed by atoms with van der Waals surface area (Å²) in [6.07, 6.45) is 0. The molecule has 3 aromatic rings. The SMILES string of the molecule is Nc1cc(F)cc(-c2nnnn2-c2ccc(Br)cc2)c1. The summed E-state index contributed by atoms with van der Waals surface area (Å²) in [4.78, 5) is 0. The molecule has 0 saturated carbocycles. The Kier molecular flexibility index (Phi) is 3.19. The van der Waals surface area contributed by atoms with Crippen molar-refractivity contribution in [1.82, 2.24) is 20.2 Å². The first-order valence-electron chi connectivity index (χ1n) is 5.74. The lowest BCUT2D eigenvalue weighted by atomic mass is 10.2. The molecular weight excluding hydrogens is 325 g/mol. The van der Waals surface area contributed by atoms with E-state index in [1.54, 1.807) is 6.07 Å². The van der Waals surface area contributed by atoms with Crippen LogP contribution in [0.15, 0.2) is 46.9 Å². The number of benzene rings is 2. The van der Waals surface area contributed by atoms with E-state index in [4.69, 9.17) is 5.73 Å². The van der Waals surface area contributed by atoms with Gasteiger partial charge in [-0.3, -0.25) is 0 Å². The van der Waals surface area contributed by atoms with Gasteiger partial charge in [-0.25, -0.2) is 4.39 Å². The fourth-order valence-electron chi connectivity index (χ4n) is 1.86. The van der Waals surface area contributed by atoms with Crippen molar-refractivity contribution in [2.75, 3.05) is 5.73 Å². The molecule has 0 aliphatic rings. The van der Waals surface area contributed by atoms with E-state index in [2.05, 4.69) is 31.5 Å². The van der Waals surface area contributed by atoms with E-state index in [0.717, 1.165) is 10.2 Å². The zero-order valence-electron chi connectivity index (χ0n) is 10.2. The van der Waals surface area contributed by atoms with Gasteiger partial charge < -0.3 is 5.73 Å². The fraction of sp³-hybridized carbons (Fsp3) is 0. The highest BCUT2D eigenvalue weighted by atomic mass is 79.9. The maximum Gasteiger partial charge on any atom is 0.187 e. The van der Waals surface area contributed by atoms with Crippen LogP contribution in [0.2, 0.25) is 0 Å². The molecule has 7 heteroatoms. The van der Waals surface area contributed by atoms with E-state index >= 15 is 0 Å². The third kappa shape index (κ3) is 2.39. The second-order valence-corrected chi connectivity index (χ2v) is 5.08. The predicted octanol–water partition coefficient (Wildman–Crippen LogP) is 2.81. The van der Waals surface area contributed by atoms with Crippen LogP contribution in [-0.2, 0) is 0 Å². The molecule has 0 atom stereocenters. The van der Waals surface area contributed by atoms with Gasteiger partial charge >= 0.3 is 0 Å². The third-order valence-electron chi connectivity index (χ3n) is 2.72. The van der Waals surface area contributed by atoms with E-state index in [0.29, 0.717) is 17.1 Å². The number of nitrogens with zero attached hydrogens (tertiary/aromatic N) is 4. The molecule has 0 unspecified atom stereocenters. The quantitative estimate of drug-likeness (QED) is 0.732. The lowest BCUT2D eigenvalue weighted by molar-refractivity contribution is 0.628. The summed E-state index contributed by atoms with van der Waals surface area (Å²) in [5.74, 6) is 0.00359. The van der Waals surface area contributed by atoms with Crippen LogP contribution in [-0.4, -0.2) is 20.2 Å². The first kappa shape index (κ1) is 12.7. The fourth-order valence-corrected chi connectivity index (χ4v) is 2.13. The number of anilines is 1. The van der Waals surface area contributed by atoms with Gasteiger partial charge in [0.2, 0.25) is 0 Å². The van der Waals surface area contributed by atoms with Crippen LogP contribution in [0, 0.1) is 5.82 Å². The van der Waals surface area contributed by atoms with Crippen LogP contribution >= 0.6 is 15.9 Å². The summed E-state index contributed by atoms with van der Waals surface area (Å²) in [7, 11) is 0. The Morgan fingerprint density at radius 3 is 2.55 bits per heavy atom. The second-order valence-electron chi connectivity index (χ2n) is 4.16. The van der Waals surface area contributed by atoms with Crippen LogP contribution in [0.5, 0.6) is 0 Å². The molecule has 100 valence electrons. The zero-order valence-corrected chi connectivity index (χ0v) is 11.7. The lowest BCUT2D eigenvalue weighted by Crippen LogP contribution is -2.00. The summed E-state index contributed by atoms with van der Waals surface area (Å²) in [5.41, 5.74) is 7.27. The Bertz CT molecular complexity index is 733. The summed E-state index contributed by atoms with van der Waals surface area (Å²) < 4.78 is 15.9. The smallest absolute Gasteiger partial charge is 0.187 e. The molecule has 1 heterocycles. The summed E-state index contributed by atoms with van der Waals surface area (Å²) >= 11 is 3.36. The molecule has 0 aliphatic carbocycles. The molecule has 20 heavy (non-hydrogen) atoms. The molecule has 0 fully saturated rings. The van der Waals surface area contributed by atoms with E-state index in [1.807, 2.05) is 24.3 Å². The second kappa shape index (κ2) is 5.01. The highest BCUT2D eigenvalue weighted by Gasteiger charge is 2.12. The van der Waals surface area contributed by atoms with E-state index < -0.39 is 5.82 Å². The molecule has 5 nitrogen and oxygen atoms in total. The molecule has 2 aromatic carbocycles. The van der Waals surface area contributed by atoms with Crippen molar-refractivity contribution in [3.63, 3.8) is 0 Å². The van der Waals surface area contributed by atoms with Crippen LogP contribution in [0.3, 0.4) is 0 Å². The summed E-state index contributed by atoms with van der Waals surface area (Å²) in [6, 6.07) is 11.7. The molecular formula is C13H9BrFN5. The number of rotatable bonds is 2. The number of nitrogens with two attached hydrogens (primary N) is 1. The topological polar surface area (TPSA) is 69.6 Å². The first-order chi connectivity index (χ1) is 9.63. The summed E-state index contributed by atoms with van der Waals surface area (Å²) in [5, 5.41) is 11.5. The first-order valence-corrected chi connectivity index (χ1v) is 6.53. The maximum atomic E-state index is 13.4. The van der Waals surface area contributed by atoms with Crippen LogP contribution in [0.4, 0.5) is 10.1 Å². The van der Waals surface area contributed by atoms with Gasteiger partial charge in [0.1, 0.15) is 5.82 Å². The van der Waals surface area contributed by atoms with E-state index in [9.17, 15) is 4.39 Å². The van der Waals surface area contributed by atoms with Crippen molar-refractivity contribution < 1.29 is 4.39 Å². The predicted molar refractivity (Wildman–Crippen MR) is 76.7 cm³/mol. The van der Waals surface area contributed by atoms with Crippen molar-refractivity contribution in [1.29, 1.82) is 0 Å². The molecule has 0 radical (unpaired) electrons. The van der Waals surface area contributed by atoms with Gasteiger partial charge in [0.25, 0.3) is 0 Å². The molecule has 0 aliphatic heterocycles. The standard InChI is InChI=1S/C13H9BrFN5/c14-9-1-3-12(4-2-9)20-13(17-18-19-20)8-5-10(15)7-11(16)6-8/h1-7H,16H2. The van der Waals surface area contributed by atoms with Gasteiger partial charge in [0, 0.05) is 15.7 Å². The Morgan fingerprint density at radius 1 is 1.10 bits per heavy atom. The summed E-state index contributed by atoms with van der Waals surface area (Å²) in [6.45, 7) is 0. The van der Waals surface area contributed by atoms with Gasteiger partial charge in [0.15, 0.2) is 5.82 Å². The molecule has 1 aromatic heterocycles. The minimum Gasteiger partial charge on any atom is -0.399 e. The van der Waals surface area contributed by atoms with Crippen molar-refractivity contribution in [2.45, 2.75) is 0 Å². The van der Waals surface area contributed by atoms with Crippen molar-refractivity contribution in [3.8, 4) is 17.1 Å². The molecule has 0 spiro atoms. The minimum absolute atomic E-state index is 0.324. The van der Waals surface area contributed by atoms with Crippen molar-refractivity contribution in [3.05, 3.63) is 52.8 Å². The molecule has 3 rings (SSSR count). The highest BCUT2D eigenvalue weighted by Crippen LogP contribution is 2.23. The van der Waals surface area contributed by atoms with Gasteiger partial charge in [-0.1, -0.05) is 15.9 Å². The van der Waals surface area contributed by atoms with Crippen LogP contribution in [0.1, 0.15) is 0 Å². The molecule has 2 N–H and O–H groups in total. The Hall–Kier alpha value is -2.28. The Balaban J connectivity index is 2.12. The third-order valence-corrected chi connectivity index (χ3v) is 3.25. The van der Waals surface area contributed by atoms with Crippen molar-refractivity contribution in [2.24, 2.45) is 0 Å². The number of nitrogen functional groups attached to an aromatic ring is 1. The van der Waals surface area contributed by atoms with Crippen LogP contribution in [0.25, 0.3) is 17.1 Å². The van der Waals surface area contributed by atoms with Gasteiger partial charge in [-0.05, 0) is 52.9 Å². The lowest BCUT2D eigenvalue weighted by Gasteiger charge is -2.05. The normalized spacial score (nSPS) is 10.7. The number of halogens is 2. The number of hydrogen-bond acceptors (Lipinski definition) is 4. The van der Waals surface area contributed by atoms with Gasteiger partial charge in [-0.15, -0.1) is 5.10 Å². The van der Waals surface area contributed by atoms with Gasteiger partial charge in [-0.2, -0.15) is 4.68 Å². The van der Waals surface area contributed by atoms with Gasteiger partial charge in [0.05, 0.1) is 5.69 Å². The number of tetrazole rings is 1.